The van der Waals surface area contributed by atoms with Crippen molar-refractivity contribution in [3.63, 3.8) is 0 Å². The van der Waals surface area contributed by atoms with Crippen molar-refractivity contribution in [2.24, 2.45) is 0 Å². The molecule has 0 saturated heterocycles. The maximum absolute atomic E-state index is 12.3. The van der Waals surface area contributed by atoms with Crippen molar-refractivity contribution in [3.8, 4) is 0 Å². The molecule has 0 fully saturated rings. The lowest BCUT2D eigenvalue weighted by atomic mass is 10.1. The topological polar surface area (TPSA) is 76.0 Å². The Balaban J connectivity index is 2.66. The third kappa shape index (κ3) is 5.57. The summed E-state index contributed by atoms with van der Waals surface area (Å²) in [7, 11) is 0. The molecule has 0 spiro atoms. The molecule has 118 valence electrons. The van der Waals surface area contributed by atoms with E-state index in [-0.39, 0.29) is 28.4 Å². The highest BCUT2D eigenvalue weighted by atomic mass is 16.2. The molecule has 1 amide bonds. The van der Waals surface area contributed by atoms with Crippen molar-refractivity contribution in [2.45, 2.75) is 59.0 Å². The van der Waals surface area contributed by atoms with Crippen LogP contribution >= 0.6 is 0 Å². The van der Waals surface area contributed by atoms with Crippen molar-refractivity contribution in [3.05, 3.63) is 22.7 Å². The van der Waals surface area contributed by atoms with Gasteiger partial charge in [-0.2, -0.15) is 0 Å². The Bertz CT molecular complexity index is 550. The molecule has 0 aliphatic heterocycles. The maximum Gasteiger partial charge on any atom is 0.293 e. The second-order valence-corrected chi connectivity index (χ2v) is 7.10. The van der Waals surface area contributed by atoms with Gasteiger partial charge in [0.1, 0.15) is 0 Å². The number of nitrogens with one attached hydrogen (secondary N) is 2. The van der Waals surface area contributed by atoms with E-state index in [9.17, 15) is 9.59 Å². The highest BCUT2D eigenvalue weighted by Crippen LogP contribution is 2.10. The zero-order chi connectivity index (χ0) is 16.3. The van der Waals surface area contributed by atoms with Gasteiger partial charge in [0.05, 0.1) is 0 Å². The quantitative estimate of drug-likeness (QED) is 0.886. The fourth-order valence-electron chi connectivity index (χ4n) is 1.84. The number of amides is 1. The number of aromatic nitrogens is 2. The van der Waals surface area contributed by atoms with E-state index in [0.29, 0.717) is 13.0 Å². The van der Waals surface area contributed by atoms with E-state index in [2.05, 4.69) is 15.6 Å². The third-order valence-corrected chi connectivity index (χ3v) is 2.72. The van der Waals surface area contributed by atoms with Gasteiger partial charge >= 0.3 is 0 Å². The van der Waals surface area contributed by atoms with Gasteiger partial charge in [0, 0.05) is 36.4 Å². The first-order valence-electron chi connectivity index (χ1n) is 7.14. The number of rotatable bonds is 4. The second kappa shape index (κ2) is 6.28. The first kappa shape index (κ1) is 17.2. The van der Waals surface area contributed by atoms with E-state index in [1.807, 2.05) is 41.5 Å². The van der Waals surface area contributed by atoms with E-state index in [1.165, 1.54) is 0 Å². The summed E-state index contributed by atoms with van der Waals surface area (Å²) in [5.74, 6) is 0.220. The van der Waals surface area contributed by atoms with Gasteiger partial charge in [-0.15, -0.1) is 0 Å². The lowest BCUT2D eigenvalue weighted by Crippen LogP contribution is -2.41. The van der Waals surface area contributed by atoms with Crippen LogP contribution in [0.4, 0.5) is 5.82 Å². The Kier molecular flexibility index (Phi) is 5.15. The molecule has 6 nitrogen and oxygen atoms in total. The summed E-state index contributed by atoms with van der Waals surface area (Å²) in [6.45, 7) is 12.0. The molecule has 0 atom stereocenters. The molecule has 0 unspecified atom stereocenters. The molecule has 0 bridgehead atoms. The lowest BCUT2D eigenvalue weighted by Gasteiger charge is -2.22. The zero-order valence-corrected chi connectivity index (χ0v) is 13.8. The molecule has 1 rings (SSSR count). The minimum Gasteiger partial charge on any atom is -0.365 e. The SMILES string of the molecule is CC(C)(C)NC(=O)CCNc1nccn(C(C)(C)C)c1=O. The molecule has 2 N–H and O–H groups in total. The van der Waals surface area contributed by atoms with Gasteiger partial charge in [-0.05, 0) is 41.5 Å². The lowest BCUT2D eigenvalue weighted by molar-refractivity contribution is -0.122. The van der Waals surface area contributed by atoms with Crippen molar-refractivity contribution >= 4 is 11.7 Å². The van der Waals surface area contributed by atoms with E-state index in [4.69, 9.17) is 0 Å². The van der Waals surface area contributed by atoms with Crippen LogP contribution in [0.2, 0.25) is 0 Å². The molecule has 1 aromatic heterocycles. The summed E-state index contributed by atoms with van der Waals surface area (Å²) in [6.07, 6.45) is 3.55. The first-order chi connectivity index (χ1) is 9.50. The van der Waals surface area contributed by atoms with Crippen molar-refractivity contribution in [1.82, 2.24) is 14.9 Å². The Hall–Kier alpha value is -1.85. The van der Waals surface area contributed by atoms with Gasteiger partial charge in [-0.25, -0.2) is 4.98 Å². The summed E-state index contributed by atoms with van der Waals surface area (Å²) >= 11 is 0. The van der Waals surface area contributed by atoms with Crippen molar-refractivity contribution in [1.29, 1.82) is 0 Å². The molecular weight excluding hydrogens is 268 g/mol. The fourth-order valence-corrected chi connectivity index (χ4v) is 1.84. The predicted molar refractivity (Wildman–Crippen MR) is 84.5 cm³/mol. The molecule has 21 heavy (non-hydrogen) atoms. The number of nitrogens with zero attached hydrogens (tertiary/aromatic N) is 2. The summed E-state index contributed by atoms with van der Waals surface area (Å²) in [4.78, 5) is 28.0. The third-order valence-electron chi connectivity index (χ3n) is 2.72. The largest absolute Gasteiger partial charge is 0.365 e. The van der Waals surface area contributed by atoms with Gasteiger partial charge in [0.2, 0.25) is 5.91 Å². The van der Waals surface area contributed by atoms with Crippen LogP contribution in [0.5, 0.6) is 0 Å². The normalized spacial score (nSPS) is 12.1. The monoisotopic (exact) mass is 294 g/mol. The van der Waals surface area contributed by atoms with E-state index < -0.39 is 0 Å². The van der Waals surface area contributed by atoms with Crippen LogP contribution in [0.1, 0.15) is 48.0 Å². The molecule has 1 heterocycles. The Morgan fingerprint density at radius 1 is 1.24 bits per heavy atom. The second-order valence-electron chi connectivity index (χ2n) is 7.10. The molecular formula is C15H26N4O2. The maximum atomic E-state index is 12.3. The van der Waals surface area contributed by atoms with Crippen LogP contribution in [0.25, 0.3) is 0 Å². The first-order valence-corrected chi connectivity index (χ1v) is 7.14. The molecule has 0 aromatic carbocycles. The summed E-state index contributed by atoms with van der Waals surface area (Å²) in [5.41, 5.74) is -0.734. The van der Waals surface area contributed by atoms with Crippen LogP contribution in [0, 0.1) is 0 Å². The van der Waals surface area contributed by atoms with E-state index >= 15 is 0 Å². The molecule has 0 radical (unpaired) electrons. The molecule has 0 saturated carbocycles. The average Bonchev–Trinajstić information content (AvgIpc) is 2.27. The number of anilines is 1. The Morgan fingerprint density at radius 3 is 2.38 bits per heavy atom. The summed E-state index contributed by atoms with van der Waals surface area (Å²) < 4.78 is 1.62. The number of hydrogen-bond donors (Lipinski definition) is 2. The highest BCUT2D eigenvalue weighted by molar-refractivity contribution is 5.77. The van der Waals surface area contributed by atoms with E-state index in [1.54, 1.807) is 17.0 Å². The van der Waals surface area contributed by atoms with Crippen LogP contribution < -0.4 is 16.2 Å². The fraction of sp³-hybridized carbons (Fsp3) is 0.667. The Morgan fingerprint density at radius 2 is 1.86 bits per heavy atom. The molecule has 0 aliphatic rings. The standard InChI is InChI=1S/C15H26N4O2/c1-14(2,3)18-11(20)7-8-16-12-13(21)19(10-9-17-12)15(4,5)6/h9-10H,7-8H2,1-6H3,(H,16,17)(H,18,20). The van der Waals surface area contributed by atoms with Crippen LogP contribution in [-0.4, -0.2) is 27.5 Å². The van der Waals surface area contributed by atoms with Crippen LogP contribution in [0.15, 0.2) is 17.2 Å². The zero-order valence-electron chi connectivity index (χ0n) is 13.8. The molecule has 6 heteroatoms. The summed E-state index contributed by atoms with van der Waals surface area (Å²) in [6, 6.07) is 0. The summed E-state index contributed by atoms with van der Waals surface area (Å²) in [5, 5.41) is 5.81. The molecule has 1 aromatic rings. The average molecular weight is 294 g/mol. The minimum absolute atomic E-state index is 0.0536. The van der Waals surface area contributed by atoms with Gasteiger partial charge in [-0.1, -0.05) is 0 Å². The van der Waals surface area contributed by atoms with Crippen LogP contribution in [-0.2, 0) is 10.3 Å². The minimum atomic E-state index is -0.305. The van der Waals surface area contributed by atoms with Gasteiger partial charge in [0.25, 0.3) is 5.56 Å². The Labute approximate surface area is 126 Å². The number of carbonyl (C=O) groups excluding carboxylic acids is 1. The number of hydrogen-bond acceptors (Lipinski definition) is 4. The van der Waals surface area contributed by atoms with E-state index in [0.717, 1.165) is 0 Å². The van der Waals surface area contributed by atoms with Gasteiger partial charge in [0.15, 0.2) is 5.82 Å². The van der Waals surface area contributed by atoms with Gasteiger partial charge in [-0.3, -0.25) is 9.59 Å². The van der Waals surface area contributed by atoms with Gasteiger partial charge < -0.3 is 15.2 Å². The van der Waals surface area contributed by atoms with Crippen molar-refractivity contribution < 1.29 is 4.79 Å². The number of carbonyl (C=O) groups is 1. The molecule has 0 aliphatic carbocycles. The smallest absolute Gasteiger partial charge is 0.293 e. The highest BCUT2D eigenvalue weighted by Gasteiger charge is 2.17. The van der Waals surface area contributed by atoms with Crippen molar-refractivity contribution in [2.75, 3.05) is 11.9 Å². The van der Waals surface area contributed by atoms with Crippen LogP contribution in [0.3, 0.4) is 0 Å². The predicted octanol–water partition coefficient (Wildman–Crippen LogP) is 1.71.